The predicted molar refractivity (Wildman–Crippen MR) is 68.7 cm³/mol. The van der Waals surface area contributed by atoms with Crippen molar-refractivity contribution < 1.29 is 24.9 Å². The van der Waals surface area contributed by atoms with Crippen LogP contribution in [0.15, 0.2) is 24.3 Å². The third-order valence-electron chi connectivity index (χ3n) is 2.10. The molecule has 0 amide bonds. The van der Waals surface area contributed by atoms with Crippen molar-refractivity contribution in [2.24, 2.45) is 11.5 Å². The molecule has 2 atom stereocenters. The molecule has 0 heterocycles. The topological polar surface area (TPSA) is 147 Å². The van der Waals surface area contributed by atoms with Gasteiger partial charge in [0, 0.05) is 0 Å². The Labute approximate surface area is 110 Å². The van der Waals surface area contributed by atoms with Gasteiger partial charge < -0.3 is 26.8 Å². The maximum absolute atomic E-state index is 10.4. The van der Waals surface area contributed by atoms with Crippen LogP contribution < -0.4 is 11.5 Å². The van der Waals surface area contributed by atoms with E-state index in [1.165, 1.54) is 19.1 Å². The highest BCUT2D eigenvalue weighted by molar-refractivity contribution is 5.73. The lowest BCUT2D eigenvalue weighted by molar-refractivity contribution is -0.139. The molecule has 1 rings (SSSR count). The molecule has 1 aromatic rings. The van der Waals surface area contributed by atoms with Gasteiger partial charge in [-0.3, -0.25) is 9.59 Å². The fourth-order valence-corrected chi connectivity index (χ4v) is 0.973. The van der Waals surface area contributed by atoms with Crippen molar-refractivity contribution in [1.29, 1.82) is 0 Å². The Morgan fingerprint density at radius 3 is 1.84 bits per heavy atom. The predicted octanol–water partition coefficient (Wildman–Crippen LogP) is -0.235. The first kappa shape index (κ1) is 16.9. The van der Waals surface area contributed by atoms with Crippen molar-refractivity contribution in [1.82, 2.24) is 0 Å². The van der Waals surface area contributed by atoms with Gasteiger partial charge in [0.2, 0.25) is 0 Å². The molecule has 106 valence electrons. The number of benzene rings is 1. The summed E-state index contributed by atoms with van der Waals surface area (Å²) in [7, 11) is 0. The van der Waals surface area contributed by atoms with Crippen LogP contribution in [0.2, 0.25) is 0 Å². The van der Waals surface area contributed by atoms with Gasteiger partial charge in [-0.1, -0.05) is 12.1 Å². The quantitative estimate of drug-likeness (QED) is 0.507. The number of phenolic OH excluding ortho intramolecular Hbond substituents is 1. The number of carbonyl (C=O) groups is 2. The average molecular weight is 270 g/mol. The molecule has 1 aromatic carbocycles. The lowest BCUT2D eigenvalue weighted by Gasteiger charge is -2.05. The highest BCUT2D eigenvalue weighted by atomic mass is 16.4. The summed E-state index contributed by atoms with van der Waals surface area (Å²) in [5, 5.41) is 25.3. The van der Waals surface area contributed by atoms with Crippen molar-refractivity contribution in [3.05, 3.63) is 29.8 Å². The summed E-state index contributed by atoms with van der Waals surface area (Å²) in [6.45, 7) is 1.42. The van der Waals surface area contributed by atoms with Crippen LogP contribution in [0.5, 0.6) is 5.75 Å². The Morgan fingerprint density at radius 2 is 1.53 bits per heavy atom. The number of carboxylic acids is 2. The van der Waals surface area contributed by atoms with Gasteiger partial charge in [-0.2, -0.15) is 0 Å². The normalized spacial score (nSPS) is 12.8. The second kappa shape index (κ2) is 8.06. The van der Waals surface area contributed by atoms with E-state index in [1.807, 2.05) is 0 Å². The van der Waals surface area contributed by atoms with Crippen LogP contribution in [0.4, 0.5) is 0 Å². The molecule has 0 saturated carbocycles. The summed E-state index contributed by atoms with van der Waals surface area (Å²) in [6.07, 6.45) is 0.273. The summed E-state index contributed by atoms with van der Waals surface area (Å²) in [4.78, 5) is 20.0. The maximum Gasteiger partial charge on any atom is 0.320 e. The minimum atomic E-state index is -1.02. The summed E-state index contributed by atoms with van der Waals surface area (Å²) in [6, 6.07) is 4.69. The largest absolute Gasteiger partial charge is 0.508 e. The highest BCUT2D eigenvalue weighted by Crippen LogP contribution is 2.10. The van der Waals surface area contributed by atoms with Gasteiger partial charge in [0.05, 0.1) is 0 Å². The minimum absolute atomic E-state index is 0.160. The Kier molecular flexibility index (Phi) is 7.16. The lowest BCUT2D eigenvalue weighted by atomic mass is 10.1. The highest BCUT2D eigenvalue weighted by Gasteiger charge is 2.11. The number of nitrogens with two attached hydrogens (primary N) is 2. The molecule has 0 aliphatic rings. The Balaban J connectivity index is 0.000000459. The van der Waals surface area contributed by atoms with Gasteiger partial charge in [-0.15, -0.1) is 0 Å². The first-order valence-electron chi connectivity index (χ1n) is 5.48. The second-order valence-electron chi connectivity index (χ2n) is 3.94. The Morgan fingerprint density at radius 1 is 1.11 bits per heavy atom. The van der Waals surface area contributed by atoms with Gasteiger partial charge in [0.15, 0.2) is 0 Å². The molecule has 0 bridgehead atoms. The molecular formula is C12H18N2O5. The van der Waals surface area contributed by atoms with Crippen LogP contribution in [0.1, 0.15) is 12.5 Å². The van der Waals surface area contributed by atoms with Crippen molar-refractivity contribution in [3.63, 3.8) is 0 Å². The number of rotatable bonds is 4. The number of aromatic hydroxyl groups is 1. The molecule has 0 radical (unpaired) electrons. The van der Waals surface area contributed by atoms with E-state index in [4.69, 9.17) is 26.8 Å². The molecule has 0 aliphatic carbocycles. The van der Waals surface area contributed by atoms with E-state index < -0.39 is 24.0 Å². The molecule has 0 aromatic heterocycles. The van der Waals surface area contributed by atoms with E-state index in [1.54, 1.807) is 12.1 Å². The summed E-state index contributed by atoms with van der Waals surface area (Å²) < 4.78 is 0. The standard InChI is InChI=1S/C9H11NO3.C3H7NO2/c10-8(9(12)13)5-6-1-3-7(11)4-2-6;1-2(4)3(5)6/h1-4,8,11H,5,10H2,(H,12,13);2H,4H2,1H3,(H,5,6). The minimum Gasteiger partial charge on any atom is -0.508 e. The van der Waals surface area contributed by atoms with Crippen molar-refractivity contribution in [2.75, 3.05) is 0 Å². The number of carboxylic acid groups (broad SMARTS) is 2. The van der Waals surface area contributed by atoms with E-state index in [2.05, 4.69) is 0 Å². The van der Waals surface area contributed by atoms with Crippen LogP contribution >= 0.6 is 0 Å². The van der Waals surface area contributed by atoms with Gasteiger partial charge in [0.1, 0.15) is 17.8 Å². The zero-order valence-corrected chi connectivity index (χ0v) is 10.5. The molecule has 0 saturated heterocycles. The number of phenols is 1. The third-order valence-corrected chi connectivity index (χ3v) is 2.10. The monoisotopic (exact) mass is 270 g/mol. The van der Waals surface area contributed by atoms with Crippen LogP contribution in [-0.4, -0.2) is 39.3 Å². The maximum atomic E-state index is 10.4. The van der Waals surface area contributed by atoms with Gasteiger partial charge in [-0.05, 0) is 31.0 Å². The smallest absolute Gasteiger partial charge is 0.320 e. The van der Waals surface area contributed by atoms with Crippen LogP contribution in [0.25, 0.3) is 0 Å². The third kappa shape index (κ3) is 7.74. The molecule has 0 spiro atoms. The molecule has 7 nitrogen and oxygen atoms in total. The van der Waals surface area contributed by atoms with Gasteiger partial charge in [-0.25, -0.2) is 0 Å². The summed E-state index contributed by atoms with van der Waals surface area (Å²) in [5.41, 5.74) is 11.0. The average Bonchev–Trinajstić information content (AvgIpc) is 2.32. The SMILES string of the molecule is CC(N)C(=O)O.NC(Cc1ccc(O)cc1)C(=O)O. The summed E-state index contributed by atoms with van der Waals surface area (Å²) in [5.74, 6) is -1.82. The molecule has 0 aliphatic heterocycles. The first-order chi connectivity index (χ1) is 8.73. The van der Waals surface area contributed by atoms with Crippen LogP contribution in [0, 0.1) is 0 Å². The molecule has 19 heavy (non-hydrogen) atoms. The zero-order valence-electron chi connectivity index (χ0n) is 10.5. The Hall–Kier alpha value is -2.12. The van der Waals surface area contributed by atoms with E-state index in [0.29, 0.717) is 0 Å². The number of aliphatic carboxylic acids is 2. The molecule has 7 heteroatoms. The fourth-order valence-electron chi connectivity index (χ4n) is 0.973. The first-order valence-corrected chi connectivity index (χ1v) is 5.48. The lowest BCUT2D eigenvalue weighted by Crippen LogP contribution is -2.32. The number of hydrogen-bond acceptors (Lipinski definition) is 5. The van der Waals surface area contributed by atoms with E-state index in [-0.39, 0.29) is 12.2 Å². The molecule has 7 N–H and O–H groups in total. The molecular weight excluding hydrogens is 252 g/mol. The molecule has 0 fully saturated rings. The second-order valence-corrected chi connectivity index (χ2v) is 3.94. The van der Waals surface area contributed by atoms with E-state index >= 15 is 0 Å². The van der Waals surface area contributed by atoms with Gasteiger partial charge in [0.25, 0.3) is 0 Å². The van der Waals surface area contributed by atoms with Crippen molar-refractivity contribution in [3.8, 4) is 5.75 Å². The Bertz CT molecular complexity index is 417. The fraction of sp³-hybridized carbons (Fsp3) is 0.333. The van der Waals surface area contributed by atoms with Gasteiger partial charge >= 0.3 is 11.9 Å². The van der Waals surface area contributed by atoms with Crippen molar-refractivity contribution in [2.45, 2.75) is 25.4 Å². The molecule has 2 unspecified atom stereocenters. The number of hydrogen-bond donors (Lipinski definition) is 5. The zero-order chi connectivity index (χ0) is 15.0. The van der Waals surface area contributed by atoms with Crippen molar-refractivity contribution >= 4 is 11.9 Å². The summed E-state index contributed by atoms with van der Waals surface area (Å²) >= 11 is 0. The van der Waals surface area contributed by atoms with E-state index in [9.17, 15) is 9.59 Å². The van der Waals surface area contributed by atoms with Crippen LogP contribution in [0.3, 0.4) is 0 Å². The van der Waals surface area contributed by atoms with E-state index in [0.717, 1.165) is 5.56 Å². The van der Waals surface area contributed by atoms with Crippen LogP contribution in [-0.2, 0) is 16.0 Å².